The molecule has 1 aromatic heterocycles. The molecule has 0 bridgehead atoms. The van der Waals surface area contributed by atoms with Crippen molar-refractivity contribution in [2.75, 3.05) is 0 Å². The van der Waals surface area contributed by atoms with Crippen molar-refractivity contribution in [3.05, 3.63) is 88.4 Å². The lowest BCUT2D eigenvalue weighted by molar-refractivity contribution is 0.425. The van der Waals surface area contributed by atoms with E-state index >= 15 is 0 Å². The van der Waals surface area contributed by atoms with Crippen LogP contribution in [0, 0.1) is 5.92 Å². The van der Waals surface area contributed by atoms with Crippen molar-refractivity contribution in [1.82, 2.24) is 10.3 Å². The van der Waals surface area contributed by atoms with E-state index in [-0.39, 0.29) is 6.04 Å². The Hall–Kier alpha value is -1.97. The minimum Gasteiger partial charge on any atom is -0.303 e. The van der Waals surface area contributed by atoms with Crippen molar-refractivity contribution < 1.29 is 0 Å². The molecule has 122 valence electrons. The van der Waals surface area contributed by atoms with Crippen LogP contribution in [0.5, 0.6) is 0 Å². The molecule has 1 N–H and O–H groups in total. The number of thiazole rings is 1. The summed E-state index contributed by atoms with van der Waals surface area (Å²) in [6.45, 7) is 0. The molecule has 2 nitrogen and oxygen atoms in total. The van der Waals surface area contributed by atoms with E-state index in [0.717, 1.165) is 12.3 Å². The molecule has 2 aromatic carbocycles. The third-order valence-corrected chi connectivity index (χ3v) is 5.52. The summed E-state index contributed by atoms with van der Waals surface area (Å²) in [5, 5.41) is 7.26. The molecule has 0 saturated heterocycles. The number of nitrogens with zero attached hydrogens (tertiary/aromatic N) is 1. The molecule has 0 spiro atoms. The predicted octanol–water partition coefficient (Wildman–Crippen LogP) is 4.84. The Morgan fingerprint density at radius 3 is 2.08 bits per heavy atom. The summed E-state index contributed by atoms with van der Waals surface area (Å²) in [4.78, 5) is 4.50. The molecule has 1 unspecified atom stereocenters. The fraction of sp³-hybridized carbons (Fsp3) is 0.286. The first-order valence-electron chi connectivity index (χ1n) is 8.64. The van der Waals surface area contributed by atoms with E-state index < -0.39 is 0 Å². The average molecular weight is 334 g/mol. The van der Waals surface area contributed by atoms with Gasteiger partial charge in [0.2, 0.25) is 0 Å². The molecule has 1 aliphatic carbocycles. The molecule has 1 atom stereocenters. The van der Waals surface area contributed by atoms with E-state index in [2.05, 4.69) is 76.3 Å². The quantitative estimate of drug-likeness (QED) is 0.668. The van der Waals surface area contributed by atoms with E-state index in [9.17, 15) is 0 Å². The number of aromatic nitrogens is 1. The fourth-order valence-corrected chi connectivity index (χ4v) is 3.97. The van der Waals surface area contributed by atoms with Gasteiger partial charge in [-0.3, -0.25) is 0 Å². The van der Waals surface area contributed by atoms with Gasteiger partial charge >= 0.3 is 0 Å². The number of hydrogen-bond donors (Lipinski definition) is 1. The van der Waals surface area contributed by atoms with E-state index in [1.807, 2.05) is 6.20 Å². The normalized spacial score (nSPS) is 15.5. The lowest BCUT2D eigenvalue weighted by atomic mass is 9.96. The Kier molecular flexibility index (Phi) is 4.72. The summed E-state index contributed by atoms with van der Waals surface area (Å²) in [6, 6.07) is 22.3. The van der Waals surface area contributed by atoms with Crippen LogP contribution in [0.4, 0.5) is 0 Å². The lowest BCUT2D eigenvalue weighted by Gasteiger charge is -2.26. The van der Waals surface area contributed by atoms with Gasteiger partial charge in [0.15, 0.2) is 0 Å². The second kappa shape index (κ2) is 7.29. The lowest BCUT2D eigenvalue weighted by Crippen LogP contribution is -2.36. The molecule has 0 aliphatic heterocycles. The van der Waals surface area contributed by atoms with Gasteiger partial charge in [-0.2, -0.15) is 0 Å². The smallest absolute Gasteiger partial charge is 0.0940 e. The highest BCUT2D eigenvalue weighted by Crippen LogP contribution is 2.36. The summed E-state index contributed by atoms with van der Waals surface area (Å²) >= 11 is 1.76. The molecule has 24 heavy (non-hydrogen) atoms. The summed E-state index contributed by atoms with van der Waals surface area (Å²) < 4.78 is 0. The van der Waals surface area contributed by atoms with Crippen LogP contribution in [0.15, 0.2) is 72.2 Å². The first-order chi connectivity index (χ1) is 11.9. The summed E-state index contributed by atoms with van der Waals surface area (Å²) in [5.41, 5.74) is 2.65. The van der Waals surface area contributed by atoms with Crippen LogP contribution >= 0.6 is 11.3 Å². The third kappa shape index (κ3) is 3.74. The molecular weight excluding hydrogens is 312 g/mol. The largest absolute Gasteiger partial charge is 0.303 e. The van der Waals surface area contributed by atoms with E-state index in [0.29, 0.717) is 6.04 Å². The SMILES string of the molecule is c1ccc(C(NC(Cc2nccs2)C2CC2)c2ccccc2)cc1. The first kappa shape index (κ1) is 15.6. The number of hydrogen-bond acceptors (Lipinski definition) is 3. The molecule has 1 saturated carbocycles. The van der Waals surface area contributed by atoms with Crippen LogP contribution in [0.2, 0.25) is 0 Å². The monoisotopic (exact) mass is 334 g/mol. The van der Waals surface area contributed by atoms with Crippen molar-refractivity contribution >= 4 is 11.3 Å². The highest BCUT2D eigenvalue weighted by Gasteiger charge is 2.33. The highest BCUT2D eigenvalue weighted by atomic mass is 32.1. The Bertz CT molecular complexity index is 697. The van der Waals surface area contributed by atoms with Gasteiger partial charge in [-0.1, -0.05) is 60.7 Å². The van der Waals surface area contributed by atoms with Crippen molar-refractivity contribution in [2.24, 2.45) is 5.92 Å². The zero-order valence-corrected chi connectivity index (χ0v) is 14.5. The standard InChI is InChI=1S/C21H22N2S/c1-3-7-17(8-4-1)21(18-9-5-2-6-10-18)23-19(16-11-12-16)15-20-22-13-14-24-20/h1-10,13-14,16,19,21,23H,11-12,15H2. The first-order valence-corrected chi connectivity index (χ1v) is 9.52. The zero-order valence-electron chi connectivity index (χ0n) is 13.6. The molecule has 3 heteroatoms. The molecule has 0 amide bonds. The Labute approximate surface area is 147 Å². The highest BCUT2D eigenvalue weighted by molar-refractivity contribution is 7.09. The summed E-state index contributed by atoms with van der Waals surface area (Å²) in [7, 11) is 0. The average Bonchev–Trinajstić information content (AvgIpc) is 3.37. The van der Waals surface area contributed by atoms with Crippen LogP contribution in [0.3, 0.4) is 0 Å². The summed E-state index contributed by atoms with van der Waals surface area (Å²) in [6.07, 6.45) is 5.60. The van der Waals surface area contributed by atoms with Crippen LogP contribution in [0.25, 0.3) is 0 Å². The number of benzene rings is 2. The van der Waals surface area contributed by atoms with E-state index in [4.69, 9.17) is 0 Å². The van der Waals surface area contributed by atoms with Gasteiger partial charge in [0, 0.05) is 24.0 Å². The molecule has 4 rings (SSSR count). The minimum absolute atomic E-state index is 0.234. The maximum Gasteiger partial charge on any atom is 0.0940 e. The van der Waals surface area contributed by atoms with E-state index in [1.165, 1.54) is 29.0 Å². The maximum atomic E-state index is 4.50. The van der Waals surface area contributed by atoms with Crippen LogP contribution in [-0.4, -0.2) is 11.0 Å². The van der Waals surface area contributed by atoms with Gasteiger partial charge in [-0.25, -0.2) is 4.98 Å². The van der Waals surface area contributed by atoms with Gasteiger partial charge in [0.1, 0.15) is 0 Å². The molecular formula is C21H22N2S. The minimum atomic E-state index is 0.234. The maximum absolute atomic E-state index is 4.50. The molecule has 1 aliphatic rings. The topological polar surface area (TPSA) is 24.9 Å². The second-order valence-corrected chi connectivity index (χ2v) is 7.47. The molecule has 1 heterocycles. The van der Waals surface area contributed by atoms with Crippen molar-refractivity contribution in [1.29, 1.82) is 0 Å². The van der Waals surface area contributed by atoms with Crippen LogP contribution < -0.4 is 5.32 Å². The Balaban J connectivity index is 1.60. The van der Waals surface area contributed by atoms with Gasteiger partial charge in [-0.15, -0.1) is 11.3 Å². The van der Waals surface area contributed by atoms with Crippen molar-refractivity contribution in [3.8, 4) is 0 Å². The predicted molar refractivity (Wildman–Crippen MR) is 100 cm³/mol. The number of rotatable bonds is 7. The fourth-order valence-electron chi connectivity index (χ4n) is 3.29. The van der Waals surface area contributed by atoms with Crippen LogP contribution in [0.1, 0.15) is 35.0 Å². The molecule has 1 fully saturated rings. The van der Waals surface area contributed by atoms with Crippen molar-refractivity contribution in [3.63, 3.8) is 0 Å². The molecule has 3 aromatic rings. The van der Waals surface area contributed by atoms with Crippen molar-refractivity contribution in [2.45, 2.75) is 31.3 Å². The zero-order chi connectivity index (χ0) is 16.2. The summed E-state index contributed by atoms with van der Waals surface area (Å²) in [5.74, 6) is 0.781. The van der Waals surface area contributed by atoms with E-state index in [1.54, 1.807) is 11.3 Å². The van der Waals surface area contributed by atoms with Gasteiger partial charge in [0.05, 0.1) is 11.0 Å². The molecule has 0 radical (unpaired) electrons. The van der Waals surface area contributed by atoms with Gasteiger partial charge in [0.25, 0.3) is 0 Å². The Morgan fingerprint density at radius 2 is 1.58 bits per heavy atom. The van der Waals surface area contributed by atoms with Gasteiger partial charge in [-0.05, 0) is 29.9 Å². The second-order valence-electron chi connectivity index (χ2n) is 6.49. The van der Waals surface area contributed by atoms with Crippen LogP contribution in [-0.2, 0) is 6.42 Å². The Morgan fingerprint density at radius 1 is 0.958 bits per heavy atom. The number of nitrogens with one attached hydrogen (secondary N) is 1. The third-order valence-electron chi connectivity index (χ3n) is 4.72. The van der Waals surface area contributed by atoms with Gasteiger partial charge < -0.3 is 5.32 Å².